The third-order valence-corrected chi connectivity index (χ3v) is 3.95. The molecule has 2 aromatic carbocycles. The minimum atomic E-state index is -0.933. The van der Waals surface area contributed by atoms with Crippen molar-refractivity contribution in [2.75, 3.05) is 7.11 Å². The van der Waals surface area contributed by atoms with Gasteiger partial charge in [-0.1, -0.05) is 60.7 Å². The number of ether oxygens (including phenoxy) is 2. The molecule has 3 rings (SSSR count). The van der Waals surface area contributed by atoms with Crippen molar-refractivity contribution in [1.29, 1.82) is 0 Å². The quantitative estimate of drug-likeness (QED) is 0.645. The Bertz CT molecular complexity index is 666. The third kappa shape index (κ3) is 2.48. The smallest absolute Gasteiger partial charge is 0.321 e. The predicted octanol–water partition coefficient (Wildman–Crippen LogP) is 2.86. The van der Waals surface area contributed by atoms with Crippen molar-refractivity contribution in [1.82, 2.24) is 0 Å². The average Bonchev–Trinajstić information content (AvgIpc) is 2.93. The topological polar surface area (TPSA) is 52.6 Å². The molecule has 1 aliphatic heterocycles. The van der Waals surface area contributed by atoms with Crippen LogP contribution in [-0.4, -0.2) is 19.0 Å². The number of carbonyl (C=O) groups is 2. The van der Waals surface area contributed by atoms with Crippen LogP contribution in [0.25, 0.3) is 0 Å². The Morgan fingerprint density at radius 3 is 2.05 bits per heavy atom. The van der Waals surface area contributed by atoms with E-state index < -0.39 is 24.0 Å². The summed E-state index contributed by atoms with van der Waals surface area (Å²) in [4.78, 5) is 24.3. The van der Waals surface area contributed by atoms with Gasteiger partial charge in [0.05, 0.1) is 7.11 Å². The first-order chi connectivity index (χ1) is 10.7. The van der Waals surface area contributed by atoms with Gasteiger partial charge in [0, 0.05) is 5.92 Å². The highest BCUT2D eigenvalue weighted by molar-refractivity contribution is 5.97. The molecule has 0 amide bonds. The van der Waals surface area contributed by atoms with Crippen molar-refractivity contribution in [3.05, 3.63) is 71.8 Å². The predicted molar refractivity (Wildman–Crippen MR) is 80.0 cm³/mol. The number of esters is 2. The Balaban J connectivity index is 2.06. The van der Waals surface area contributed by atoms with Crippen LogP contribution in [0.1, 0.15) is 23.1 Å². The van der Waals surface area contributed by atoms with E-state index in [9.17, 15) is 9.59 Å². The maximum absolute atomic E-state index is 12.2. The zero-order valence-corrected chi connectivity index (χ0v) is 12.1. The second-order valence-corrected chi connectivity index (χ2v) is 5.21. The first-order valence-electron chi connectivity index (χ1n) is 7.10. The highest BCUT2D eigenvalue weighted by Crippen LogP contribution is 2.46. The maximum Gasteiger partial charge on any atom is 0.321 e. The van der Waals surface area contributed by atoms with Crippen molar-refractivity contribution in [3.8, 4) is 0 Å². The van der Waals surface area contributed by atoms with E-state index in [1.165, 1.54) is 7.11 Å². The lowest BCUT2D eigenvalue weighted by Crippen LogP contribution is -2.26. The number of methoxy groups -OCH3 is 1. The average molecular weight is 296 g/mol. The molecule has 0 spiro atoms. The highest BCUT2D eigenvalue weighted by Gasteiger charge is 2.50. The second kappa shape index (κ2) is 6.02. The summed E-state index contributed by atoms with van der Waals surface area (Å²) in [6.07, 6.45) is -0.486. The van der Waals surface area contributed by atoms with Crippen LogP contribution in [0.15, 0.2) is 60.7 Å². The van der Waals surface area contributed by atoms with Crippen LogP contribution in [0.3, 0.4) is 0 Å². The van der Waals surface area contributed by atoms with E-state index in [2.05, 4.69) is 0 Å². The molecule has 4 heteroatoms. The molecule has 4 nitrogen and oxygen atoms in total. The van der Waals surface area contributed by atoms with Gasteiger partial charge < -0.3 is 9.47 Å². The minimum Gasteiger partial charge on any atom is -0.468 e. The normalized spacial score (nSPS) is 23.9. The standard InChI is InChI=1S/C18H16O4/c1-21-17(19)15-14(12-8-4-2-5-9-12)16(22-18(15)20)13-10-6-3-7-11-13/h2-11,14-16H,1H3/t14-,15+,16+/m1/s1. The summed E-state index contributed by atoms with van der Waals surface area (Å²) in [5.41, 5.74) is 1.76. The molecule has 0 N–H and O–H groups in total. The number of cyclic esters (lactones) is 1. The van der Waals surface area contributed by atoms with E-state index in [0.29, 0.717) is 0 Å². The lowest BCUT2D eigenvalue weighted by molar-refractivity contribution is -0.155. The fraction of sp³-hybridized carbons (Fsp3) is 0.222. The van der Waals surface area contributed by atoms with Crippen LogP contribution in [0.2, 0.25) is 0 Å². The van der Waals surface area contributed by atoms with E-state index in [-0.39, 0.29) is 5.92 Å². The molecular weight excluding hydrogens is 280 g/mol. The zero-order valence-electron chi connectivity index (χ0n) is 12.1. The molecule has 0 aromatic heterocycles. The Morgan fingerprint density at radius 2 is 1.50 bits per heavy atom. The summed E-state index contributed by atoms with van der Waals surface area (Å²) >= 11 is 0. The number of carbonyl (C=O) groups excluding carboxylic acids is 2. The van der Waals surface area contributed by atoms with Crippen LogP contribution < -0.4 is 0 Å². The van der Waals surface area contributed by atoms with E-state index in [1.807, 2.05) is 60.7 Å². The van der Waals surface area contributed by atoms with Crippen LogP contribution in [-0.2, 0) is 19.1 Å². The molecule has 2 aromatic rings. The van der Waals surface area contributed by atoms with Gasteiger partial charge in [0.15, 0.2) is 5.92 Å². The molecule has 1 aliphatic rings. The van der Waals surface area contributed by atoms with Gasteiger partial charge in [-0.3, -0.25) is 9.59 Å². The summed E-state index contributed by atoms with van der Waals surface area (Å²) in [5.74, 6) is -2.41. The van der Waals surface area contributed by atoms with Crippen LogP contribution in [0.5, 0.6) is 0 Å². The van der Waals surface area contributed by atoms with E-state index in [4.69, 9.17) is 9.47 Å². The highest BCUT2D eigenvalue weighted by atomic mass is 16.6. The number of hydrogen-bond acceptors (Lipinski definition) is 4. The van der Waals surface area contributed by atoms with Crippen molar-refractivity contribution < 1.29 is 19.1 Å². The Morgan fingerprint density at radius 1 is 0.955 bits per heavy atom. The van der Waals surface area contributed by atoms with Crippen molar-refractivity contribution in [3.63, 3.8) is 0 Å². The van der Waals surface area contributed by atoms with Gasteiger partial charge in [0.25, 0.3) is 0 Å². The fourth-order valence-corrected chi connectivity index (χ4v) is 2.92. The van der Waals surface area contributed by atoms with Crippen molar-refractivity contribution in [2.45, 2.75) is 12.0 Å². The molecule has 0 radical (unpaired) electrons. The lowest BCUT2D eigenvalue weighted by Gasteiger charge is -2.20. The number of benzene rings is 2. The molecule has 1 fully saturated rings. The summed E-state index contributed by atoms with van der Waals surface area (Å²) in [6, 6.07) is 18.9. The molecular formula is C18H16O4. The second-order valence-electron chi connectivity index (χ2n) is 5.21. The molecule has 0 unspecified atom stereocenters. The first kappa shape index (κ1) is 14.3. The van der Waals surface area contributed by atoms with Gasteiger partial charge in [0.1, 0.15) is 6.10 Å². The van der Waals surface area contributed by atoms with Gasteiger partial charge >= 0.3 is 11.9 Å². The first-order valence-corrected chi connectivity index (χ1v) is 7.10. The van der Waals surface area contributed by atoms with E-state index in [1.54, 1.807) is 0 Å². The molecule has 112 valence electrons. The Labute approximate surface area is 128 Å². The molecule has 1 heterocycles. The summed E-state index contributed by atoms with van der Waals surface area (Å²) < 4.78 is 10.3. The summed E-state index contributed by atoms with van der Waals surface area (Å²) in [7, 11) is 1.29. The maximum atomic E-state index is 12.2. The number of hydrogen-bond donors (Lipinski definition) is 0. The van der Waals surface area contributed by atoms with Crippen molar-refractivity contribution in [2.24, 2.45) is 5.92 Å². The molecule has 1 saturated heterocycles. The zero-order chi connectivity index (χ0) is 15.5. The van der Waals surface area contributed by atoms with Gasteiger partial charge in [-0.25, -0.2) is 0 Å². The van der Waals surface area contributed by atoms with Gasteiger partial charge in [0.2, 0.25) is 0 Å². The fourth-order valence-electron chi connectivity index (χ4n) is 2.92. The summed E-state index contributed by atoms with van der Waals surface area (Å²) in [5, 5.41) is 0. The van der Waals surface area contributed by atoms with E-state index >= 15 is 0 Å². The molecule has 0 bridgehead atoms. The SMILES string of the molecule is COC(=O)[C@H]1C(=O)O[C@@H](c2ccccc2)[C@@H]1c1ccccc1. The molecule has 0 saturated carbocycles. The number of rotatable bonds is 3. The van der Waals surface area contributed by atoms with Gasteiger partial charge in [-0.05, 0) is 11.1 Å². The minimum absolute atomic E-state index is 0.386. The Kier molecular flexibility index (Phi) is 3.92. The molecule has 3 atom stereocenters. The van der Waals surface area contributed by atoms with Crippen LogP contribution in [0.4, 0.5) is 0 Å². The third-order valence-electron chi connectivity index (χ3n) is 3.95. The van der Waals surface area contributed by atoms with Gasteiger partial charge in [-0.2, -0.15) is 0 Å². The largest absolute Gasteiger partial charge is 0.468 e. The lowest BCUT2D eigenvalue weighted by atomic mass is 9.82. The molecule has 22 heavy (non-hydrogen) atoms. The van der Waals surface area contributed by atoms with Crippen molar-refractivity contribution >= 4 is 11.9 Å². The monoisotopic (exact) mass is 296 g/mol. The molecule has 0 aliphatic carbocycles. The Hall–Kier alpha value is -2.62. The van der Waals surface area contributed by atoms with Crippen LogP contribution in [0, 0.1) is 5.92 Å². The van der Waals surface area contributed by atoms with Crippen LogP contribution >= 0.6 is 0 Å². The summed E-state index contributed by atoms with van der Waals surface area (Å²) in [6.45, 7) is 0. The van der Waals surface area contributed by atoms with E-state index in [0.717, 1.165) is 11.1 Å². The van der Waals surface area contributed by atoms with Gasteiger partial charge in [-0.15, -0.1) is 0 Å².